The van der Waals surface area contributed by atoms with Crippen LogP contribution in [0.4, 0.5) is 0 Å². The van der Waals surface area contributed by atoms with E-state index in [0.717, 1.165) is 26.9 Å². The van der Waals surface area contributed by atoms with Gasteiger partial charge in [0.15, 0.2) is 0 Å². The van der Waals surface area contributed by atoms with E-state index in [1.54, 1.807) is 6.92 Å². The molecule has 6 nitrogen and oxygen atoms in total. The predicted molar refractivity (Wildman–Crippen MR) is 81.6 cm³/mol. The van der Waals surface area contributed by atoms with Gasteiger partial charge in [-0.1, -0.05) is 0 Å². The molecule has 1 atom stereocenters. The zero-order valence-corrected chi connectivity index (χ0v) is 14.0. The summed E-state index contributed by atoms with van der Waals surface area (Å²) in [4.78, 5) is 15.9. The van der Waals surface area contributed by atoms with Gasteiger partial charge in [0.05, 0.1) is 16.7 Å². The number of carboxylic acid groups (broad SMARTS) is 1. The molecule has 2 heterocycles. The molecule has 114 valence electrons. The number of carboxylic acids is 1. The minimum absolute atomic E-state index is 0.00663. The molecule has 1 unspecified atom stereocenters. The van der Waals surface area contributed by atoms with Crippen LogP contribution >= 0.6 is 22.7 Å². The number of sulfonamides is 1. The van der Waals surface area contributed by atoms with Crippen molar-refractivity contribution in [1.29, 1.82) is 0 Å². The van der Waals surface area contributed by atoms with Gasteiger partial charge in [0, 0.05) is 4.88 Å². The van der Waals surface area contributed by atoms with Crippen molar-refractivity contribution < 1.29 is 18.3 Å². The van der Waals surface area contributed by atoms with Gasteiger partial charge in [-0.3, -0.25) is 0 Å². The molecule has 0 amide bonds. The van der Waals surface area contributed by atoms with Crippen LogP contribution in [0.2, 0.25) is 0 Å². The third kappa shape index (κ3) is 3.49. The second kappa shape index (κ2) is 5.84. The topological polar surface area (TPSA) is 96.4 Å². The van der Waals surface area contributed by atoms with E-state index >= 15 is 0 Å². The van der Waals surface area contributed by atoms with Crippen molar-refractivity contribution in [3.8, 4) is 0 Å². The Labute approximate surface area is 130 Å². The van der Waals surface area contributed by atoms with E-state index in [2.05, 4.69) is 9.71 Å². The monoisotopic (exact) mass is 346 g/mol. The lowest BCUT2D eigenvalue weighted by molar-refractivity contribution is 0.0702. The number of rotatable bonds is 5. The maximum atomic E-state index is 12.3. The summed E-state index contributed by atoms with van der Waals surface area (Å²) < 4.78 is 27.1. The minimum Gasteiger partial charge on any atom is -0.477 e. The quantitative estimate of drug-likeness (QED) is 0.867. The number of nitrogens with one attached hydrogen (secondary N) is 1. The molecule has 2 aromatic heterocycles. The van der Waals surface area contributed by atoms with Gasteiger partial charge in [-0.15, -0.1) is 22.7 Å². The zero-order chi connectivity index (χ0) is 15.8. The Kier molecular flexibility index (Phi) is 4.47. The molecule has 0 saturated carbocycles. The maximum Gasteiger partial charge on any atom is 0.345 e. The highest BCUT2D eigenvalue weighted by atomic mass is 32.2. The second-order valence-corrected chi connectivity index (χ2v) is 8.71. The van der Waals surface area contributed by atoms with Crippen LogP contribution in [0, 0.1) is 13.8 Å². The highest BCUT2D eigenvalue weighted by molar-refractivity contribution is 7.91. The fourth-order valence-corrected chi connectivity index (χ4v) is 5.25. The molecular formula is C12H14N2O4S3. The average molecular weight is 346 g/mol. The number of hydrogen-bond donors (Lipinski definition) is 2. The lowest BCUT2D eigenvalue weighted by atomic mass is 10.2. The third-order valence-corrected chi connectivity index (χ3v) is 7.08. The Morgan fingerprint density at radius 1 is 1.33 bits per heavy atom. The molecule has 0 bridgehead atoms. The molecule has 9 heteroatoms. The van der Waals surface area contributed by atoms with Crippen LogP contribution in [-0.4, -0.2) is 24.5 Å². The van der Waals surface area contributed by atoms with Crippen molar-refractivity contribution in [3.63, 3.8) is 0 Å². The number of carbonyl (C=O) groups is 1. The van der Waals surface area contributed by atoms with Crippen LogP contribution in [0.25, 0.3) is 0 Å². The summed E-state index contributed by atoms with van der Waals surface area (Å²) in [5, 5.41) is 9.72. The summed E-state index contributed by atoms with van der Waals surface area (Å²) in [6.45, 7) is 5.43. The first-order valence-electron chi connectivity index (χ1n) is 6.00. The lowest BCUT2D eigenvalue weighted by Gasteiger charge is -2.12. The van der Waals surface area contributed by atoms with Gasteiger partial charge in [-0.05, 0) is 32.9 Å². The van der Waals surface area contributed by atoms with Crippen molar-refractivity contribution in [2.24, 2.45) is 0 Å². The molecule has 0 saturated heterocycles. The summed E-state index contributed by atoms with van der Waals surface area (Å²) in [5.74, 6) is -1.14. The van der Waals surface area contributed by atoms with E-state index < -0.39 is 22.0 Å². The number of nitrogens with zero attached hydrogens (tertiary/aromatic N) is 1. The summed E-state index contributed by atoms with van der Waals surface area (Å²) in [6, 6.07) is 2.17. The summed E-state index contributed by atoms with van der Waals surface area (Å²) >= 11 is 2.17. The fourth-order valence-electron chi connectivity index (χ4n) is 1.87. The Bertz CT molecular complexity index is 776. The summed E-state index contributed by atoms with van der Waals surface area (Å²) in [6.07, 6.45) is 0. The highest BCUT2D eigenvalue weighted by Gasteiger charge is 2.23. The largest absolute Gasteiger partial charge is 0.477 e. The first-order chi connectivity index (χ1) is 9.70. The normalized spacial score (nSPS) is 13.3. The predicted octanol–water partition coefficient (Wildman–Crippen LogP) is 2.56. The number of hydrogen-bond acceptors (Lipinski definition) is 6. The Morgan fingerprint density at radius 3 is 2.48 bits per heavy atom. The van der Waals surface area contributed by atoms with Gasteiger partial charge in [0.25, 0.3) is 10.0 Å². The molecule has 0 aromatic carbocycles. The smallest absolute Gasteiger partial charge is 0.345 e. The van der Waals surface area contributed by atoms with Gasteiger partial charge in [-0.25, -0.2) is 22.9 Å². The first-order valence-corrected chi connectivity index (χ1v) is 9.11. The van der Waals surface area contributed by atoms with E-state index in [1.807, 2.05) is 13.8 Å². The van der Waals surface area contributed by atoms with Gasteiger partial charge >= 0.3 is 5.97 Å². The molecule has 2 N–H and O–H groups in total. The molecule has 0 spiro atoms. The van der Waals surface area contributed by atoms with Crippen molar-refractivity contribution in [2.75, 3.05) is 0 Å². The Morgan fingerprint density at radius 2 is 2.00 bits per heavy atom. The van der Waals surface area contributed by atoms with Gasteiger partial charge in [0.1, 0.15) is 9.09 Å². The molecule has 0 aliphatic rings. The molecule has 2 aromatic rings. The van der Waals surface area contributed by atoms with Crippen LogP contribution < -0.4 is 4.72 Å². The van der Waals surface area contributed by atoms with Crippen LogP contribution in [-0.2, 0) is 10.0 Å². The molecule has 2 rings (SSSR count). The lowest BCUT2D eigenvalue weighted by Crippen LogP contribution is -2.26. The summed E-state index contributed by atoms with van der Waals surface area (Å²) in [5.41, 5.74) is 0.796. The van der Waals surface area contributed by atoms with Crippen molar-refractivity contribution in [1.82, 2.24) is 9.71 Å². The van der Waals surface area contributed by atoms with E-state index in [4.69, 9.17) is 5.11 Å². The van der Waals surface area contributed by atoms with Crippen LogP contribution in [0.1, 0.15) is 38.2 Å². The van der Waals surface area contributed by atoms with Crippen LogP contribution in [0.15, 0.2) is 16.3 Å². The molecule has 0 fully saturated rings. The number of aromatic nitrogens is 1. The second-order valence-electron chi connectivity index (χ2n) is 4.45. The molecular weight excluding hydrogens is 332 g/mol. The van der Waals surface area contributed by atoms with Crippen molar-refractivity contribution in [2.45, 2.75) is 31.0 Å². The van der Waals surface area contributed by atoms with Gasteiger partial charge in [0.2, 0.25) is 0 Å². The van der Waals surface area contributed by atoms with Gasteiger partial charge < -0.3 is 5.11 Å². The third-order valence-electron chi connectivity index (χ3n) is 2.72. The maximum absolute atomic E-state index is 12.3. The first kappa shape index (κ1) is 16.1. The molecule has 0 aliphatic heterocycles. The van der Waals surface area contributed by atoms with E-state index in [0.29, 0.717) is 0 Å². The van der Waals surface area contributed by atoms with Crippen molar-refractivity contribution in [3.05, 3.63) is 32.6 Å². The molecule has 21 heavy (non-hydrogen) atoms. The summed E-state index contributed by atoms with van der Waals surface area (Å²) in [7, 11) is -3.74. The van der Waals surface area contributed by atoms with Crippen LogP contribution in [0.3, 0.4) is 0 Å². The molecule has 0 radical (unpaired) electrons. The highest BCUT2D eigenvalue weighted by Crippen LogP contribution is 2.27. The fraction of sp³-hybridized carbons (Fsp3) is 0.333. The average Bonchev–Trinajstić information content (AvgIpc) is 2.95. The van der Waals surface area contributed by atoms with E-state index in [9.17, 15) is 13.2 Å². The number of aryl methyl sites for hydroxylation is 2. The standard InChI is InChI=1S/C12H14N2O4S3/c1-6-11(19-8(3)13-6)7(2)14-21(17,18)10-5-4-9(20-10)12(15)16/h4-5,7,14H,1-3H3,(H,15,16). The van der Waals surface area contributed by atoms with Crippen molar-refractivity contribution >= 4 is 38.7 Å². The number of thiophene rings is 1. The van der Waals surface area contributed by atoms with Crippen LogP contribution in [0.5, 0.6) is 0 Å². The zero-order valence-electron chi connectivity index (χ0n) is 11.6. The Balaban J connectivity index is 2.24. The molecule has 0 aliphatic carbocycles. The Hall–Kier alpha value is -1.29. The minimum atomic E-state index is -3.74. The number of aromatic carboxylic acids is 1. The van der Waals surface area contributed by atoms with Gasteiger partial charge in [-0.2, -0.15) is 0 Å². The van der Waals surface area contributed by atoms with E-state index in [-0.39, 0.29) is 9.09 Å². The van der Waals surface area contributed by atoms with E-state index in [1.165, 1.54) is 23.5 Å². The SMILES string of the molecule is Cc1nc(C)c(C(C)NS(=O)(=O)c2ccc(C(=O)O)s2)s1. The number of thiazole rings is 1.